The third-order valence-corrected chi connectivity index (χ3v) is 4.43. The second-order valence-corrected chi connectivity index (χ2v) is 6.41. The Bertz CT molecular complexity index is 751. The lowest BCUT2D eigenvalue weighted by molar-refractivity contribution is -0.133. The maximum absolute atomic E-state index is 12.5. The van der Waals surface area contributed by atoms with Crippen molar-refractivity contribution >= 4 is 11.6 Å². The molecular formula is C18H21F3N4O. The van der Waals surface area contributed by atoms with Gasteiger partial charge in [-0.1, -0.05) is 18.2 Å². The number of benzene rings is 1. The lowest BCUT2D eigenvalue weighted by Gasteiger charge is -2.22. The van der Waals surface area contributed by atoms with E-state index in [1.165, 1.54) is 0 Å². The van der Waals surface area contributed by atoms with Crippen molar-refractivity contribution in [3.05, 3.63) is 47.8 Å². The van der Waals surface area contributed by atoms with Crippen molar-refractivity contribution in [2.24, 2.45) is 0 Å². The van der Waals surface area contributed by atoms with E-state index in [4.69, 9.17) is 0 Å². The van der Waals surface area contributed by atoms with E-state index >= 15 is 0 Å². The van der Waals surface area contributed by atoms with Crippen LogP contribution in [0.3, 0.4) is 0 Å². The molecule has 1 amide bonds. The SMILES string of the molecule is O=C(Nc1ccccc1CCC(F)(F)F)c1ccn(C2CCCNC2)n1. The van der Waals surface area contributed by atoms with Gasteiger partial charge in [-0.3, -0.25) is 9.48 Å². The van der Waals surface area contributed by atoms with Gasteiger partial charge in [0.15, 0.2) is 5.69 Å². The average Bonchev–Trinajstić information content (AvgIpc) is 3.11. The van der Waals surface area contributed by atoms with E-state index in [1.54, 1.807) is 41.2 Å². The molecule has 0 radical (unpaired) electrons. The number of piperidine rings is 1. The number of carbonyl (C=O) groups is 1. The Hall–Kier alpha value is -2.35. The smallest absolute Gasteiger partial charge is 0.320 e. The van der Waals surface area contributed by atoms with Gasteiger partial charge < -0.3 is 10.6 Å². The standard InChI is InChI=1S/C18H21F3N4O/c19-18(20,21)9-7-13-4-1-2-6-15(13)23-17(26)16-8-11-25(24-16)14-5-3-10-22-12-14/h1-2,4,6,8,11,14,22H,3,5,7,9-10,12H2,(H,23,26). The highest BCUT2D eigenvalue weighted by Crippen LogP contribution is 2.25. The Kier molecular flexibility index (Phi) is 5.61. The van der Waals surface area contributed by atoms with E-state index in [1.807, 2.05) is 0 Å². The van der Waals surface area contributed by atoms with E-state index < -0.39 is 18.5 Å². The van der Waals surface area contributed by atoms with Crippen LogP contribution in [0.25, 0.3) is 0 Å². The molecule has 2 N–H and O–H groups in total. The first kappa shape index (κ1) is 18.4. The molecule has 2 aromatic rings. The Morgan fingerprint density at radius 2 is 2.12 bits per heavy atom. The largest absolute Gasteiger partial charge is 0.389 e. The predicted molar refractivity (Wildman–Crippen MR) is 92.1 cm³/mol. The Morgan fingerprint density at radius 1 is 1.31 bits per heavy atom. The third-order valence-electron chi connectivity index (χ3n) is 4.43. The van der Waals surface area contributed by atoms with Crippen LogP contribution >= 0.6 is 0 Å². The van der Waals surface area contributed by atoms with E-state index in [0.717, 1.165) is 25.9 Å². The Morgan fingerprint density at radius 3 is 2.85 bits per heavy atom. The number of aromatic nitrogens is 2. The lowest BCUT2D eigenvalue weighted by Crippen LogP contribution is -2.32. The predicted octanol–water partition coefficient (Wildman–Crippen LogP) is 3.55. The maximum atomic E-state index is 12.5. The molecule has 0 spiro atoms. The fourth-order valence-electron chi connectivity index (χ4n) is 3.04. The number of anilines is 1. The highest BCUT2D eigenvalue weighted by Gasteiger charge is 2.27. The van der Waals surface area contributed by atoms with Crippen molar-refractivity contribution in [3.63, 3.8) is 0 Å². The highest BCUT2D eigenvalue weighted by atomic mass is 19.4. The summed E-state index contributed by atoms with van der Waals surface area (Å²) in [6.07, 6.45) is -1.52. The van der Waals surface area contributed by atoms with Crippen LogP contribution in [0.2, 0.25) is 0 Å². The summed E-state index contributed by atoms with van der Waals surface area (Å²) in [5.74, 6) is -0.424. The topological polar surface area (TPSA) is 59.0 Å². The van der Waals surface area contributed by atoms with Crippen molar-refractivity contribution in [2.45, 2.75) is 37.9 Å². The number of hydrogen-bond acceptors (Lipinski definition) is 3. The molecule has 8 heteroatoms. The van der Waals surface area contributed by atoms with Gasteiger partial charge in [0, 0.05) is 24.8 Å². The van der Waals surface area contributed by atoms with E-state index in [-0.39, 0.29) is 18.2 Å². The first-order valence-electron chi connectivity index (χ1n) is 8.64. The molecule has 1 aromatic heterocycles. The number of rotatable bonds is 5. The molecule has 1 saturated heterocycles. The second-order valence-electron chi connectivity index (χ2n) is 6.41. The summed E-state index contributed by atoms with van der Waals surface area (Å²) in [7, 11) is 0. The first-order valence-corrected chi connectivity index (χ1v) is 8.64. The zero-order chi connectivity index (χ0) is 18.6. The minimum Gasteiger partial charge on any atom is -0.320 e. The number of para-hydroxylation sites is 1. The lowest BCUT2D eigenvalue weighted by atomic mass is 10.1. The average molecular weight is 366 g/mol. The molecule has 3 rings (SSSR count). The van der Waals surface area contributed by atoms with Crippen molar-refractivity contribution in [1.29, 1.82) is 0 Å². The van der Waals surface area contributed by atoms with Crippen molar-refractivity contribution in [3.8, 4) is 0 Å². The number of aryl methyl sites for hydroxylation is 1. The van der Waals surface area contributed by atoms with Crippen LogP contribution in [0.4, 0.5) is 18.9 Å². The summed E-state index contributed by atoms with van der Waals surface area (Å²) in [6.45, 7) is 1.79. The highest BCUT2D eigenvalue weighted by molar-refractivity contribution is 6.03. The van der Waals surface area contributed by atoms with Gasteiger partial charge in [-0.05, 0) is 43.5 Å². The molecule has 1 fully saturated rings. The zero-order valence-electron chi connectivity index (χ0n) is 14.2. The number of hydrogen-bond donors (Lipinski definition) is 2. The van der Waals surface area contributed by atoms with E-state index in [2.05, 4.69) is 15.7 Å². The second kappa shape index (κ2) is 7.90. The molecule has 1 aliphatic rings. The summed E-state index contributed by atoms with van der Waals surface area (Å²) in [5, 5.41) is 10.3. The molecule has 26 heavy (non-hydrogen) atoms. The summed E-state index contributed by atoms with van der Waals surface area (Å²) >= 11 is 0. The van der Waals surface area contributed by atoms with Gasteiger partial charge in [-0.15, -0.1) is 0 Å². The zero-order valence-corrected chi connectivity index (χ0v) is 14.2. The van der Waals surface area contributed by atoms with Crippen LogP contribution in [0.15, 0.2) is 36.5 Å². The van der Waals surface area contributed by atoms with Crippen LogP contribution in [0.5, 0.6) is 0 Å². The summed E-state index contributed by atoms with van der Waals surface area (Å²) in [6, 6.07) is 8.37. The molecule has 0 aliphatic carbocycles. The Labute approximate surface area is 149 Å². The number of nitrogens with zero attached hydrogens (tertiary/aromatic N) is 2. The summed E-state index contributed by atoms with van der Waals surface area (Å²) < 4.78 is 39.2. The van der Waals surface area contributed by atoms with Crippen LogP contribution in [0.1, 0.15) is 41.4 Å². The fourth-order valence-corrected chi connectivity index (χ4v) is 3.04. The quantitative estimate of drug-likeness (QED) is 0.851. The van der Waals surface area contributed by atoms with Gasteiger partial charge >= 0.3 is 6.18 Å². The van der Waals surface area contributed by atoms with Gasteiger partial charge in [0.05, 0.1) is 6.04 Å². The van der Waals surface area contributed by atoms with Crippen molar-refractivity contribution in [2.75, 3.05) is 18.4 Å². The fraction of sp³-hybridized carbons (Fsp3) is 0.444. The van der Waals surface area contributed by atoms with Gasteiger partial charge in [0.1, 0.15) is 0 Å². The number of amides is 1. The number of carbonyl (C=O) groups excluding carboxylic acids is 1. The van der Waals surface area contributed by atoms with Crippen molar-refractivity contribution in [1.82, 2.24) is 15.1 Å². The number of alkyl halides is 3. The van der Waals surface area contributed by atoms with Crippen molar-refractivity contribution < 1.29 is 18.0 Å². The Balaban J connectivity index is 1.67. The van der Waals surface area contributed by atoms with Gasteiger partial charge in [-0.2, -0.15) is 18.3 Å². The maximum Gasteiger partial charge on any atom is 0.389 e. The molecule has 1 aromatic carbocycles. The molecule has 0 bridgehead atoms. The van der Waals surface area contributed by atoms with Gasteiger partial charge in [-0.25, -0.2) is 0 Å². The minimum atomic E-state index is -4.23. The molecule has 140 valence electrons. The monoisotopic (exact) mass is 366 g/mol. The normalized spacial score (nSPS) is 17.9. The summed E-state index contributed by atoms with van der Waals surface area (Å²) in [4.78, 5) is 12.4. The molecule has 1 aliphatic heterocycles. The van der Waals surface area contributed by atoms with E-state index in [9.17, 15) is 18.0 Å². The molecule has 1 atom stereocenters. The van der Waals surface area contributed by atoms with Crippen LogP contribution < -0.4 is 10.6 Å². The van der Waals surface area contributed by atoms with Gasteiger partial charge in [0.2, 0.25) is 0 Å². The molecule has 1 unspecified atom stereocenters. The number of halogens is 3. The minimum absolute atomic E-state index is 0.178. The number of nitrogens with one attached hydrogen (secondary N) is 2. The van der Waals surface area contributed by atoms with E-state index in [0.29, 0.717) is 11.3 Å². The van der Waals surface area contributed by atoms with Crippen LogP contribution in [-0.4, -0.2) is 35.0 Å². The molecule has 0 saturated carbocycles. The van der Waals surface area contributed by atoms with Gasteiger partial charge in [0.25, 0.3) is 5.91 Å². The molecular weight excluding hydrogens is 345 g/mol. The molecule has 2 heterocycles. The third kappa shape index (κ3) is 4.85. The first-order chi connectivity index (χ1) is 12.4. The van der Waals surface area contributed by atoms with Crippen LogP contribution in [-0.2, 0) is 6.42 Å². The summed E-state index contributed by atoms with van der Waals surface area (Å²) in [5.41, 5.74) is 1.09. The molecule has 5 nitrogen and oxygen atoms in total. The van der Waals surface area contributed by atoms with Crippen LogP contribution in [0, 0.1) is 0 Å².